The maximum Gasteiger partial charge on any atom is 0.319 e. The smallest absolute Gasteiger partial charge is 0.319 e. The van der Waals surface area contributed by atoms with Gasteiger partial charge in [0.15, 0.2) is 0 Å². The van der Waals surface area contributed by atoms with Crippen molar-refractivity contribution in [1.29, 1.82) is 5.26 Å². The Morgan fingerprint density at radius 3 is 2.15 bits per heavy atom. The predicted octanol–water partition coefficient (Wildman–Crippen LogP) is 11.6. The average Bonchev–Trinajstić information content (AvgIpc) is 4.30. The lowest BCUT2D eigenvalue weighted by atomic mass is 9.89. The van der Waals surface area contributed by atoms with Crippen LogP contribution in [0.5, 0.6) is 11.5 Å². The van der Waals surface area contributed by atoms with E-state index in [9.17, 15) is 18.8 Å². The van der Waals surface area contributed by atoms with Gasteiger partial charge in [-0.25, -0.2) is 0 Å². The Bertz CT molecular complexity index is 3470. The molecule has 7 aromatic rings. The number of nitrogens with zero attached hydrogens (tertiary/aromatic N) is 8. The van der Waals surface area contributed by atoms with E-state index in [1.165, 1.54) is 42.7 Å². The van der Waals surface area contributed by atoms with Crippen LogP contribution in [0.2, 0.25) is 0 Å². The Balaban J connectivity index is 0.940. The van der Waals surface area contributed by atoms with Crippen molar-refractivity contribution in [3.63, 3.8) is 0 Å². The van der Waals surface area contributed by atoms with E-state index in [-0.39, 0.29) is 46.9 Å². The van der Waals surface area contributed by atoms with Crippen LogP contribution in [0.15, 0.2) is 127 Å². The molecule has 2 aromatic heterocycles. The van der Waals surface area contributed by atoms with Gasteiger partial charge < -0.3 is 33.6 Å². The van der Waals surface area contributed by atoms with Crippen LogP contribution in [0.4, 0.5) is 20.2 Å². The van der Waals surface area contributed by atoms with Crippen LogP contribution in [0.1, 0.15) is 110 Å². The normalized spacial score (nSPS) is 16.3. The number of likely N-dealkylation sites (tertiary alicyclic amines) is 1. The number of benzene rings is 5. The molecule has 1 saturated heterocycles. The topological polar surface area (TPSA) is 120 Å². The molecule has 3 aliphatic heterocycles. The number of amides is 3. The predicted molar refractivity (Wildman–Crippen MR) is 309 cm³/mol. The molecule has 13 nitrogen and oxygen atoms in total. The molecule has 11 rings (SSSR count). The van der Waals surface area contributed by atoms with E-state index in [0.717, 1.165) is 72.6 Å². The van der Waals surface area contributed by atoms with Gasteiger partial charge in [0, 0.05) is 85.8 Å². The van der Waals surface area contributed by atoms with Gasteiger partial charge in [-0.15, -0.1) is 0 Å². The number of hydrogen-bond acceptors (Lipinski definition) is 8. The molecule has 5 aromatic carbocycles. The zero-order chi connectivity index (χ0) is 56.3. The van der Waals surface area contributed by atoms with Gasteiger partial charge in [0.05, 0.1) is 17.7 Å². The number of halogens is 2. The van der Waals surface area contributed by atoms with E-state index in [1.807, 2.05) is 101 Å². The first-order chi connectivity index (χ1) is 39.3. The Labute approximate surface area is 473 Å². The monoisotopic (exact) mass is 1090 g/mol. The molecule has 1 atom stereocenters. The Morgan fingerprint density at radius 2 is 1.44 bits per heavy atom. The lowest BCUT2D eigenvalue weighted by molar-refractivity contribution is -0.131. The number of nitriles is 1. The van der Waals surface area contributed by atoms with Gasteiger partial charge in [0.2, 0.25) is 5.91 Å². The second-order valence-electron chi connectivity index (χ2n) is 22.3. The molecule has 2 fully saturated rings. The number of aromatic nitrogens is 2. The third-order valence-corrected chi connectivity index (χ3v) is 17.0. The van der Waals surface area contributed by atoms with Crippen LogP contribution >= 0.6 is 0 Å². The molecule has 0 N–H and O–H groups in total. The van der Waals surface area contributed by atoms with Crippen molar-refractivity contribution in [1.82, 2.24) is 28.7 Å². The molecule has 3 amide bonds. The fourth-order valence-corrected chi connectivity index (χ4v) is 12.1. The summed E-state index contributed by atoms with van der Waals surface area (Å²) >= 11 is 0. The molecule has 0 bridgehead atoms. The van der Waals surface area contributed by atoms with E-state index < -0.39 is 12.5 Å². The number of carbonyl (C=O) groups excluding carboxylic acids is 3. The molecule has 1 aliphatic carbocycles. The highest BCUT2D eigenvalue weighted by molar-refractivity contribution is 6.13. The van der Waals surface area contributed by atoms with Gasteiger partial charge in [-0.1, -0.05) is 73.2 Å². The van der Waals surface area contributed by atoms with Crippen molar-refractivity contribution in [2.24, 2.45) is 7.05 Å². The first-order valence-corrected chi connectivity index (χ1v) is 28.5. The van der Waals surface area contributed by atoms with Crippen LogP contribution in [0, 0.1) is 25.2 Å². The lowest BCUT2D eigenvalue weighted by Gasteiger charge is -2.41. The van der Waals surface area contributed by atoms with E-state index in [2.05, 4.69) is 41.1 Å². The van der Waals surface area contributed by atoms with Crippen molar-refractivity contribution in [2.75, 3.05) is 51.3 Å². The Morgan fingerprint density at radius 1 is 0.741 bits per heavy atom. The third-order valence-electron chi connectivity index (χ3n) is 17.0. The van der Waals surface area contributed by atoms with E-state index in [4.69, 9.17) is 9.47 Å². The minimum absolute atomic E-state index is 0.00676. The molecule has 0 radical (unpaired) electrons. The zero-order valence-electron chi connectivity index (χ0n) is 46.8. The molecule has 1 saturated carbocycles. The van der Waals surface area contributed by atoms with Crippen LogP contribution < -0.4 is 14.4 Å². The number of fused-ring (bicyclic) bond motifs is 2. The zero-order valence-corrected chi connectivity index (χ0v) is 46.8. The number of likely N-dealkylation sites (N-methyl/N-ethyl adjacent to an activating group) is 1. The minimum Gasteiger partial charge on any atom is -0.492 e. The maximum absolute atomic E-state index is 15.9. The van der Waals surface area contributed by atoms with Crippen LogP contribution in [-0.4, -0.2) is 105 Å². The highest BCUT2D eigenvalue weighted by Gasteiger charge is 2.36. The summed E-state index contributed by atoms with van der Waals surface area (Å²) in [6, 6.07) is 42.4. The summed E-state index contributed by atoms with van der Waals surface area (Å²) in [5, 5.41) is 10.1. The first kappa shape index (κ1) is 54.9. The summed E-state index contributed by atoms with van der Waals surface area (Å²) in [5.74, 6) is 0.660. The highest BCUT2D eigenvalue weighted by atomic mass is 19.3. The van der Waals surface area contributed by atoms with Crippen molar-refractivity contribution in [3.05, 3.63) is 189 Å². The second-order valence-corrected chi connectivity index (χ2v) is 22.3. The Hall–Kier alpha value is -8.06. The molecule has 0 unspecified atom stereocenters. The van der Waals surface area contributed by atoms with E-state index in [1.54, 1.807) is 30.3 Å². The van der Waals surface area contributed by atoms with Crippen LogP contribution in [-0.2, 0) is 50.8 Å². The van der Waals surface area contributed by atoms with Crippen LogP contribution in [0.25, 0.3) is 11.3 Å². The van der Waals surface area contributed by atoms with Gasteiger partial charge in [0.25, 0.3) is 11.8 Å². The molecule has 418 valence electrons. The second kappa shape index (κ2) is 24.0. The molecular weight excluding hydrogens is 1020 g/mol. The van der Waals surface area contributed by atoms with E-state index in [0.29, 0.717) is 90.3 Å². The molecule has 5 heterocycles. The molecule has 81 heavy (non-hydrogen) atoms. The number of carbonyl (C=O) groups is 3. The summed E-state index contributed by atoms with van der Waals surface area (Å²) in [6.07, 6.45) is 7.42. The van der Waals surface area contributed by atoms with Crippen molar-refractivity contribution >= 4 is 29.1 Å². The molecule has 0 spiro atoms. The van der Waals surface area contributed by atoms with Gasteiger partial charge >= 0.3 is 6.55 Å². The maximum atomic E-state index is 15.9. The van der Waals surface area contributed by atoms with Gasteiger partial charge in [-0.2, -0.15) is 14.0 Å². The van der Waals surface area contributed by atoms with Gasteiger partial charge in [-0.3, -0.25) is 23.9 Å². The average molecular weight is 1090 g/mol. The van der Waals surface area contributed by atoms with Crippen molar-refractivity contribution < 1.29 is 32.6 Å². The number of ether oxygens (including phenoxy) is 2. The molecule has 4 aliphatic rings. The fraction of sp³-hybridized carbons (Fsp3) is 0.364. The SMILES string of the molecule is Cc1c(C(=O)N(c2ccc(OCc3ccccc3)cc2)c2cc(C#N)n(C(F)F)c2C)cc(-c2cc3c(cc2C(=O)N2Cc4ccccc4C[C@H]2CN2CCCCC2)CN(C(=O)Cc2ccc(OCCN(C)C4CC4)cc2)CC3)n1C. The van der Waals surface area contributed by atoms with Crippen molar-refractivity contribution in [3.8, 4) is 28.8 Å². The third kappa shape index (κ3) is 11.9. The van der Waals surface area contributed by atoms with Gasteiger partial charge in [-0.05, 0) is 167 Å². The first-order valence-electron chi connectivity index (χ1n) is 28.5. The number of anilines is 2. The summed E-state index contributed by atoms with van der Waals surface area (Å²) in [7, 11) is 4.00. The Kier molecular flexibility index (Phi) is 16.2. The highest BCUT2D eigenvalue weighted by Crippen LogP contribution is 2.40. The van der Waals surface area contributed by atoms with Crippen molar-refractivity contribution in [2.45, 2.75) is 104 Å². The fourth-order valence-electron chi connectivity index (χ4n) is 12.1. The summed E-state index contributed by atoms with van der Waals surface area (Å²) < 4.78 is 44.1. The summed E-state index contributed by atoms with van der Waals surface area (Å²) in [4.78, 5) is 55.8. The number of alkyl halides is 2. The molecular formula is C66H70F2N8O5. The lowest BCUT2D eigenvalue weighted by Crippen LogP contribution is -2.51. The van der Waals surface area contributed by atoms with E-state index >= 15 is 9.59 Å². The minimum atomic E-state index is -3.03. The largest absolute Gasteiger partial charge is 0.492 e. The van der Waals surface area contributed by atoms with Gasteiger partial charge in [0.1, 0.15) is 36.5 Å². The quantitative estimate of drug-likeness (QED) is 0.0833. The number of rotatable bonds is 18. The summed E-state index contributed by atoms with van der Waals surface area (Å²) in [5.41, 5.74) is 8.96. The molecule has 15 heteroatoms. The summed E-state index contributed by atoms with van der Waals surface area (Å²) in [6.45, 7) is 6.01. The number of hydrogen-bond donors (Lipinski definition) is 0. The number of piperidine rings is 1. The standard InChI is InChI=1S/C66H70F2N8O5/c1-44-58(65(79)76(61-37-54(39-69)75(45(61)2)66(67)68)53-21-25-57(26-22-53)81-43-47-13-7-5-8-14-47)38-62(71(44)4)59-35-49-27-30-73(63(77)33-46-17-23-56(24-18-46)80-32-31-70(3)52-19-20-52)40-51(49)36-60(59)64(78)74-41-50-16-10-9-15-48(50)34-55(74)42-72-28-11-6-12-29-72/h5,7-10,13-18,21-26,35-38,52,55,66H,6,11-12,19-20,27-34,40-43H2,1-4H3/t55-/m0/s1. The van der Waals surface area contributed by atoms with Crippen LogP contribution in [0.3, 0.4) is 0 Å².